The molecule has 0 heterocycles. The predicted molar refractivity (Wildman–Crippen MR) is 73.3 cm³/mol. The van der Waals surface area contributed by atoms with Crippen LogP contribution in [0.15, 0.2) is 37.5 Å². The quantitative estimate of drug-likeness (QED) is 0.611. The summed E-state index contributed by atoms with van der Waals surface area (Å²) in [5, 5.41) is 2.36. The van der Waals surface area contributed by atoms with Crippen molar-refractivity contribution in [3.63, 3.8) is 0 Å². The fourth-order valence-electron chi connectivity index (χ4n) is 0.360. The number of rotatable bonds is 3. The van der Waals surface area contributed by atoms with E-state index in [4.69, 9.17) is 0 Å². The molecule has 0 saturated heterocycles. The first-order valence-electron chi connectivity index (χ1n) is 5.08. The van der Waals surface area contributed by atoms with Gasteiger partial charge in [0, 0.05) is 18.7 Å². The van der Waals surface area contributed by atoms with E-state index in [1.165, 1.54) is 20.3 Å². The number of hydrogen-bond acceptors (Lipinski definition) is 5. The lowest BCUT2D eigenvalue weighted by Crippen LogP contribution is -2.13. The zero-order valence-electron chi connectivity index (χ0n) is 11.8. The van der Waals surface area contributed by atoms with E-state index in [9.17, 15) is 14.4 Å². The molecule has 0 radical (unpaired) electrons. The lowest BCUT2D eigenvalue weighted by Gasteiger charge is -1.91. The van der Waals surface area contributed by atoms with Gasteiger partial charge in [-0.15, -0.1) is 0 Å². The van der Waals surface area contributed by atoms with Gasteiger partial charge in [0.2, 0.25) is 5.91 Å². The number of amides is 1. The smallest absolute Gasteiger partial charge is 0.332 e. The molecule has 6 heteroatoms. The maximum Gasteiger partial charge on any atom is 0.332 e. The van der Waals surface area contributed by atoms with Crippen LogP contribution in [0, 0.1) is 0 Å². The van der Waals surface area contributed by atoms with Gasteiger partial charge in [-0.1, -0.05) is 19.7 Å². The Balaban J connectivity index is -0.000000203. The Hall–Kier alpha value is -2.37. The first kappa shape index (κ1) is 21.9. The van der Waals surface area contributed by atoms with Crippen molar-refractivity contribution in [2.24, 2.45) is 0 Å². The number of likely N-dealkylation sites (N-methyl/N-ethyl adjacent to an activating group) is 1. The van der Waals surface area contributed by atoms with Gasteiger partial charge in [-0.05, 0) is 13.0 Å². The van der Waals surface area contributed by atoms with E-state index in [2.05, 4.69) is 34.5 Å². The minimum absolute atomic E-state index is 0.144. The number of hydrogen-bond donors (Lipinski definition) is 1. The lowest BCUT2D eigenvalue weighted by molar-refractivity contribution is -0.136. The molecule has 0 aliphatic carbocycles. The Morgan fingerprint density at radius 2 is 1.53 bits per heavy atom. The molecule has 0 aromatic rings. The first-order chi connectivity index (χ1) is 8.80. The molecule has 0 spiro atoms. The summed E-state index contributed by atoms with van der Waals surface area (Å²) in [4.78, 5) is 30.0. The molecular weight excluding hydrogens is 250 g/mol. The Bertz CT molecular complexity index is 314. The monoisotopic (exact) mass is 271 g/mol. The van der Waals surface area contributed by atoms with Crippen molar-refractivity contribution in [1.82, 2.24) is 5.32 Å². The number of carbonyl (C=O) groups excluding carboxylic acids is 3. The van der Waals surface area contributed by atoms with Gasteiger partial charge in [0.25, 0.3) is 0 Å². The molecule has 0 aliphatic heterocycles. The van der Waals surface area contributed by atoms with E-state index in [1.807, 2.05) is 0 Å². The normalized spacial score (nSPS) is 7.16. The maximum absolute atomic E-state index is 10.2. The molecular formula is C13H21NO5. The van der Waals surface area contributed by atoms with Gasteiger partial charge >= 0.3 is 11.9 Å². The second-order valence-corrected chi connectivity index (χ2v) is 2.82. The highest BCUT2D eigenvalue weighted by Crippen LogP contribution is 1.87. The molecule has 0 atom stereocenters. The Kier molecular flexibility index (Phi) is 18.0. The van der Waals surface area contributed by atoms with Crippen LogP contribution < -0.4 is 5.32 Å². The molecule has 1 N–H and O–H groups in total. The fourth-order valence-corrected chi connectivity index (χ4v) is 0.360. The number of nitrogens with one attached hydrogen (secondary N) is 1. The zero-order valence-corrected chi connectivity index (χ0v) is 11.8. The zero-order chi connectivity index (χ0) is 15.8. The van der Waals surface area contributed by atoms with Crippen molar-refractivity contribution in [2.75, 3.05) is 21.3 Å². The van der Waals surface area contributed by atoms with Crippen molar-refractivity contribution < 1.29 is 23.9 Å². The van der Waals surface area contributed by atoms with E-state index in [0.29, 0.717) is 5.57 Å². The third-order valence-corrected chi connectivity index (χ3v) is 1.33. The highest BCUT2D eigenvalue weighted by atomic mass is 16.5. The summed E-state index contributed by atoms with van der Waals surface area (Å²) in [7, 11) is 4.20. The molecule has 0 rings (SSSR count). The maximum atomic E-state index is 10.2. The van der Waals surface area contributed by atoms with Crippen molar-refractivity contribution >= 4 is 17.8 Å². The number of methoxy groups -OCH3 is 2. The van der Waals surface area contributed by atoms with Crippen LogP contribution in [0.5, 0.6) is 0 Å². The van der Waals surface area contributed by atoms with Crippen LogP contribution in [0.4, 0.5) is 0 Å². The van der Waals surface area contributed by atoms with Crippen LogP contribution >= 0.6 is 0 Å². The third-order valence-electron chi connectivity index (χ3n) is 1.33. The SMILES string of the molecule is C=C(C)C(=O)OC.C=CC(=O)NC.C=CC(=O)OC. The van der Waals surface area contributed by atoms with Gasteiger partial charge < -0.3 is 14.8 Å². The molecule has 1 amide bonds. The minimum Gasteiger partial charge on any atom is -0.466 e. The summed E-state index contributed by atoms with van der Waals surface area (Å²) < 4.78 is 8.42. The van der Waals surface area contributed by atoms with Crippen molar-refractivity contribution in [3.05, 3.63) is 37.5 Å². The van der Waals surface area contributed by atoms with Crippen LogP contribution in [-0.2, 0) is 23.9 Å². The van der Waals surface area contributed by atoms with Crippen molar-refractivity contribution in [1.29, 1.82) is 0 Å². The molecule has 0 bridgehead atoms. The summed E-state index contributed by atoms with van der Waals surface area (Å²) in [5.74, 6) is -0.884. The van der Waals surface area contributed by atoms with Crippen LogP contribution in [-0.4, -0.2) is 39.1 Å². The van der Waals surface area contributed by atoms with Crippen LogP contribution in [0.25, 0.3) is 0 Å². The second kappa shape index (κ2) is 15.6. The second-order valence-electron chi connectivity index (χ2n) is 2.82. The van der Waals surface area contributed by atoms with E-state index in [0.717, 1.165) is 6.08 Å². The number of carbonyl (C=O) groups is 3. The standard InChI is InChI=1S/C5H8O2.C4H7NO.C4H6O2/c1-4(2)5(6)7-3;1-3-4(6)5-2;1-3-4(5)6-2/h1H2,2-3H3;3H,1H2,2H3,(H,5,6);3H,1H2,2H3. The van der Waals surface area contributed by atoms with Crippen LogP contribution in [0.3, 0.4) is 0 Å². The van der Waals surface area contributed by atoms with Gasteiger partial charge in [0.15, 0.2) is 0 Å². The van der Waals surface area contributed by atoms with Crippen molar-refractivity contribution in [3.8, 4) is 0 Å². The summed E-state index contributed by atoms with van der Waals surface area (Å²) in [6.45, 7) is 11.3. The van der Waals surface area contributed by atoms with E-state index in [1.54, 1.807) is 14.0 Å². The molecule has 0 aliphatic rings. The molecule has 0 saturated carbocycles. The van der Waals surface area contributed by atoms with E-state index >= 15 is 0 Å². The Labute approximate surface area is 113 Å². The topological polar surface area (TPSA) is 81.7 Å². The highest BCUT2D eigenvalue weighted by molar-refractivity contribution is 5.87. The fraction of sp³-hybridized carbons (Fsp3) is 0.308. The molecule has 0 aromatic heterocycles. The summed E-state index contributed by atoms with van der Waals surface area (Å²) in [5.41, 5.74) is 0.433. The van der Waals surface area contributed by atoms with Gasteiger partial charge in [0.05, 0.1) is 14.2 Å². The molecule has 0 fully saturated rings. The predicted octanol–water partition coefficient (Wildman–Crippen LogP) is 0.999. The average Bonchev–Trinajstić information content (AvgIpc) is 2.45. The Morgan fingerprint density at radius 1 is 1.05 bits per heavy atom. The molecule has 0 unspecified atom stereocenters. The van der Waals surface area contributed by atoms with Crippen molar-refractivity contribution in [2.45, 2.75) is 6.92 Å². The first-order valence-corrected chi connectivity index (χ1v) is 5.08. The number of ether oxygens (including phenoxy) is 2. The number of esters is 2. The average molecular weight is 271 g/mol. The summed E-state index contributed by atoms with van der Waals surface area (Å²) in [6.07, 6.45) is 2.33. The van der Waals surface area contributed by atoms with Crippen LogP contribution in [0.2, 0.25) is 0 Å². The molecule has 6 nitrogen and oxygen atoms in total. The van der Waals surface area contributed by atoms with Gasteiger partial charge in [-0.2, -0.15) is 0 Å². The van der Waals surface area contributed by atoms with Gasteiger partial charge in [-0.3, -0.25) is 4.79 Å². The summed E-state index contributed by atoms with van der Waals surface area (Å²) >= 11 is 0. The molecule has 19 heavy (non-hydrogen) atoms. The third kappa shape index (κ3) is 21.5. The Morgan fingerprint density at radius 3 is 1.53 bits per heavy atom. The molecule has 108 valence electrons. The van der Waals surface area contributed by atoms with E-state index < -0.39 is 5.97 Å². The summed E-state index contributed by atoms with van der Waals surface area (Å²) in [6, 6.07) is 0. The lowest BCUT2D eigenvalue weighted by atomic mass is 10.4. The molecule has 0 aromatic carbocycles. The van der Waals surface area contributed by atoms with E-state index in [-0.39, 0.29) is 11.9 Å². The minimum atomic E-state index is -0.394. The van der Waals surface area contributed by atoms with Crippen LogP contribution in [0.1, 0.15) is 6.92 Å². The van der Waals surface area contributed by atoms with Gasteiger partial charge in [0.1, 0.15) is 0 Å². The highest BCUT2D eigenvalue weighted by Gasteiger charge is 1.95. The van der Waals surface area contributed by atoms with Gasteiger partial charge in [-0.25, -0.2) is 9.59 Å². The largest absolute Gasteiger partial charge is 0.466 e.